The zero-order chi connectivity index (χ0) is 10.4. The van der Waals surface area contributed by atoms with E-state index in [1.165, 1.54) is 23.9 Å². The van der Waals surface area contributed by atoms with Gasteiger partial charge in [-0.25, -0.2) is 8.78 Å². The lowest BCUT2D eigenvalue weighted by Gasteiger charge is -2.12. The van der Waals surface area contributed by atoms with Gasteiger partial charge in [-0.1, -0.05) is 0 Å². The molecule has 0 spiro atoms. The van der Waals surface area contributed by atoms with Crippen LogP contribution in [-0.2, 0) is 0 Å². The largest absolute Gasteiger partial charge is 0.306 e. The summed E-state index contributed by atoms with van der Waals surface area (Å²) in [5.41, 5.74) is 0.534. The van der Waals surface area contributed by atoms with E-state index in [-0.39, 0.29) is 17.7 Å². The van der Waals surface area contributed by atoms with Gasteiger partial charge in [-0.3, -0.25) is 0 Å². The van der Waals surface area contributed by atoms with Crippen LogP contribution in [0.15, 0.2) is 17.0 Å². The highest BCUT2D eigenvalue weighted by Gasteiger charge is 2.33. The van der Waals surface area contributed by atoms with E-state index in [2.05, 4.69) is 5.32 Å². The highest BCUT2D eigenvalue weighted by molar-refractivity contribution is 7.99. The second kappa shape index (κ2) is 3.46. The second-order valence-corrected chi connectivity index (χ2v) is 5.11. The summed E-state index contributed by atoms with van der Waals surface area (Å²) < 4.78 is 27.0. The average molecular weight is 227 g/mol. The van der Waals surface area contributed by atoms with Crippen molar-refractivity contribution >= 4 is 11.8 Å². The molecule has 1 saturated carbocycles. The number of thioether (sulfide) groups is 1. The number of rotatable bonds is 2. The molecule has 0 bridgehead atoms. The average Bonchev–Trinajstić information content (AvgIpc) is 2.91. The minimum Gasteiger partial charge on any atom is -0.306 e. The highest BCUT2D eigenvalue weighted by atomic mass is 32.2. The quantitative estimate of drug-likeness (QED) is 0.833. The van der Waals surface area contributed by atoms with Gasteiger partial charge in [0.15, 0.2) is 0 Å². The summed E-state index contributed by atoms with van der Waals surface area (Å²) in [6.45, 7) is 0. The zero-order valence-corrected chi connectivity index (χ0v) is 8.91. The molecule has 2 aliphatic rings. The molecule has 1 atom stereocenters. The Morgan fingerprint density at radius 2 is 1.93 bits per heavy atom. The Bertz CT molecular complexity index is 404. The molecule has 15 heavy (non-hydrogen) atoms. The molecule has 1 unspecified atom stereocenters. The van der Waals surface area contributed by atoms with E-state index in [1.54, 1.807) is 0 Å². The van der Waals surface area contributed by atoms with Gasteiger partial charge in [-0.05, 0) is 25.0 Å². The third-order valence-electron chi connectivity index (χ3n) is 2.85. The second-order valence-electron chi connectivity index (χ2n) is 4.08. The molecule has 4 heteroatoms. The molecule has 1 N–H and O–H groups in total. The first-order valence-electron chi connectivity index (χ1n) is 5.12. The first-order chi connectivity index (χ1) is 7.25. The van der Waals surface area contributed by atoms with Gasteiger partial charge in [-0.2, -0.15) is 0 Å². The van der Waals surface area contributed by atoms with Crippen LogP contribution in [0, 0.1) is 11.6 Å². The molecule has 1 aliphatic carbocycles. The molecule has 3 rings (SSSR count). The fraction of sp³-hybridized carbons (Fsp3) is 0.455. The predicted octanol–water partition coefficient (Wildman–Crippen LogP) is 2.86. The van der Waals surface area contributed by atoms with Crippen LogP contribution in [0.1, 0.15) is 24.4 Å². The van der Waals surface area contributed by atoms with Crippen LogP contribution in [0.2, 0.25) is 0 Å². The summed E-state index contributed by atoms with van der Waals surface area (Å²) in [6, 6.07) is 2.94. The third-order valence-corrected chi connectivity index (χ3v) is 4.06. The van der Waals surface area contributed by atoms with E-state index in [0.717, 1.165) is 18.6 Å². The van der Waals surface area contributed by atoms with E-state index >= 15 is 0 Å². The highest BCUT2D eigenvalue weighted by Crippen LogP contribution is 2.42. The van der Waals surface area contributed by atoms with Crippen molar-refractivity contribution in [3.63, 3.8) is 0 Å². The Kier molecular flexibility index (Phi) is 2.21. The van der Waals surface area contributed by atoms with Crippen molar-refractivity contribution in [3.8, 4) is 0 Å². The first-order valence-corrected chi connectivity index (χ1v) is 6.11. The third kappa shape index (κ3) is 1.66. The Morgan fingerprint density at radius 1 is 1.20 bits per heavy atom. The Hall–Kier alpha value is -0.610. The van der Waals surface area contributed by atoms with Crippen molar-refractivity contribution in [3.05, 3.63) is 29.3 Å². The van der Waals surface area contributed by atoms with Crippen molar-refractivity contribution in [2.24, 2.45) is 0 Å². The Balaban J connectivity index is 1.96. The number of benzene rings is 1. The lowest BCUT2D eigenvalue weighted by molar-refractivity contribution is 0.513. The summed E-state index contributed by atoms with van der Waals surface area (Å²) in [5.74, 6) is 0.162. The fourth-order valence-corrected chi connectivity index (χ4v) is 3.13. The molecule has 0 radical (unpaired) electrons. The number of halogens is 2. The van der Waals surface area contributed by atoms with Crippen LogP contribution in [0.25, 0.3) is 0 Å². The van der Waals surface area contributed by atoms with Crippen LogP contribution >= 0.6 is 11.8 Å². The molecule has 1 aromatic rings. The molecule has 1 aliphatic heterocycles. The lowest BCUT2D eigenvalue weighted by Crippen LogP contribution is -2.24. The van der Waals surface area contributed by atoms with Gasteiger partial charge in [-0.15, -0.1) is 11.8 Å². The van der Waals surface area contributed by atoms with Crippen LogP contribution in [-0.4, -0.2) is 11.8 Å². The standard InChI is InChI=1S/C11H11F2NS/c12-7-3-4-8(13)11-10(7)9(5-15-11)14-6-1-2-6/h3-4,6,9,14H,1-2,5H2. The fourth-order valence-electron chi connectivity index (χ4n) is 1.94. The van der Waals surface area contributed by atoms with Gasteiger partial charge in [0, 0.05) is 23.4 Å². The normalized spacial score (nSPS) is 24.3. The van der Waals surface area contributed by atoms with Gasteiger partial charge in [0.1, 0.15) is 11.6 Å². The van der Waals surface area contributed by atoms with Crippen molar-refractivity contribution in [1.82, 2.24) is 5.32 Å². The maximum Gasteiger partial charge on any atom is 0.137 e. The monoisotopic (exact) mass is 227 g/mol. The number of hydrogen-bond acceptors (Lipinski definition) is 2. The van der Waals surface area contributed by atoms with Crippen molar-refractivity contribution in [1.29, 1.82) is 0 Å². The summed E-state index contributed by atoms with van der Waals surface area (Å²) in [5, 5.41) is 3.35. The van der Waals surface area contributed by atoms with Gasteiger partial charge in [0.2, 0.25) is 0 Å². The molecular formula is C11H11F2NS. The van der Waals surface area contributed by atoms with Gasteiger partial charge in [0.05, 0.1) is 4.90 Å². The van der Waals surface area contributed by atoms with Crippen LogP contribution in [0.3, 0.4) is 0 Å². The number of nitrogens with one attached hydrogen (secondary N) is 1. The molecule has 1 nitrogen and oxygen atoms in total. The van der Waals surface area contributed by atoms with Crippen molar-refractivity contribution < 1.29 is 8.78 Å². The molecule has 1 heterocycles. The molecule has 1 aromatic carbocycles. The first kappa shape index (κ1) is 9.60. The predicted molar refractivity (Wildman–Crippen MR) is 56.0 cm³/mol. The smallest absolute Gasteiger partial charge is 0.137 e. The van der Waals surface area contributed by atoms with E-state index in [1.807, 2.05) is 0 Å². The minimum atomic E-state index is -0.295. The molecule has 0 aromatic heterocycles. The van der Waals surface area contributed by atoms with E-state index in [0.29, 0.717) is 16.5 Å². The summed E-state index contributed by atoms with van der Waals surface area (Å²) in [4.78, 5) is 0.494. The zero-order valence-electron chi connectivity index (χ0n) is 8.09. The lowest BCUT2D eigenvalue weighted by atomic mass is 10.1. The molecule has 0 saturated heterocycles. The van der Waals surface area contributed by atoms with E-state index in [4.69, 9.17) is 0 Å². The summed E-state index contributed by atoms with van der Waals surface area (Å²) >= 11 is 1.41. The van der Waals surface area contributed by atoms with Gasteiger partial charge < -0.3 is 5.32 Å². The maximum absolute atomic E-state index is 13.6. The molecular weight excluding hydrogens is 216 g/mol. The minimum absolute atomic E-state index is 0.00630. The SMILES string of the molecule is Fc1ccc(F)c2c1SCC2NC1CC1. The van der Waals surface area contributed by atoms with E-state index in [9.17, 15) is 8.78 Å². The number of hydrogen-bond donors (Lipinski definition) is 1. The van der Waals surface area contributed by atoms with Crippen LogP contribution in [0.4, 0.5) is 8.78 Å². The van der Waals surface area contributed by atoms with Gasteiger partial charge in [0.25, 0.3) is 0 Å². The Morgan fingerprint density at radius 3 is 2.67 bits per heavy atom. The summed E-state index contributed by atoms with van der Waals surface area (Å²) in [7, 11) is 0. The molecule has 0 amide bonds. The molecule has 1 fully saturated rings. The maximum atomic E-state index is 13.6. The Labute approximate surface area is 91.2 Å². The number of fused-ring (bicyclic) bond motifs is 1. The van der Waals surface area contributed by atoms with Crippen molar-refractivity contribution in [2.75, 3.05) is 5.75 Å². The van der Waals surface area contributed by atoms with Gasteiger partial charge >= 0.3 is 0 Å². The van der Waals surface area contributed by atoms with Crippen LogP contribution < -0.4 is 5.32 Å². The molecule has 80 valence electrons. The van der Waals surface area contributed by atoms with Crippen molar-refractivity contribution in [2.45, 2.75) is 29.8 Å². The van der Waals surface area contributed by atoms with E-state index < -0.39 is 0 Å². The summed E-state index contributed by atoms with van der Waals surface area (Å²) in [6.07, 6.45) is 2.32. The topological polar surface area (TPSA) is 12.0 Å². The van der Waals surface area contributed by atoms with Crippen LogP contribution in [0.5, 0.6) is 0 Å².